The molecule has 0 saturated heterocycles. The number of carbonyl (C=O) groups excluding carboxylic acids is 2. The van der Waals surface area contributed by atoms with Gasteiger partial charge in [0.2, 0.25) is 0 Å². The van der Waals surface area contributed by atoms with Crippen molar-refractivity contribution in [1.82, 2.24) is 0 Å². The monoisotopic (exact) mass is 737 g/mol. The van der Waals surface area contributed by atoms with Gasteiger partial charge in [-0.25, -0.2) is 0 Å². The van der Waals surface area contributed by atoms with Crippen molar-refractivity contribution in [2.75, 3.05) is 13.1 Å². The highest BCUT2D eigenvalue weighted by Gasteiger charge is 2.15. The van der Waals surface area contributed by atoms with Gasteiger partial charge < -0.3 is 15.2 Å². The molecule has 0 aromatic rings. The number of nitrogens with two attached hydrogens (primary N) is 1. The molecular weight excluding hydrogens is 649 g/mol. The molecule has 2 atom stereocenters. The van der Waals surface area contributed by atoms with Gasteiger partial charge in [-0.1, -0.05) is 187 Å². The molecule has 0 aliphatic rings. The fourth-order valence-corrected chi connectivity index (χ4v) is 6.56. The maximum atomic E-state index is 12.1. The molecule has 0 aliphatic heterocycles. The summed E-state index contributed by atoms with van der Waals surface area (Å²) in [6, 6.07) is 0. The maximum Gasteiger partial charge on any atom is 0.306 e. The largest absolute Gasteiger partial charge is 0.462 e. The first-order chi connectivity index (χ1) is 25.5. The molecule has 2 N–H and O–H groups in total. The zero-order chi connectivity index (χ0) is 38.6. The van der Waals surface area contributed by atoms with Gasteiger partial charge in [-0.05, 0) is 63.4 Å². The van der Waals surface area contributed by atoms with Crippen molar-refractivity contribution in [3.63, 3.8) is 0 Å². The molecule has 0 aliphatic carbocycles. The number of ether oxygens (including phenoxy) is 2. The summed E-state index contributed by atoms with van der Waals surface area (Å²) in [7, 11) is 0. The van der Waals surface area contributed by atoms with E-state index in [9.17, 15) is 9.59 Å². The maximum absolute atomic E-state index is 12.1. The Morgan fingerprint density at radius 1 is 0.481 bits per heavy atom. The van der Waals surface area contributed by atoms with Crippen LogP contribution in [0.4, 0.5) is 0 Å². The van der Waals surface area contributed by atoms with Crippen LogP contribution in [0.5, 0.6) is 0 Å². The Labute approximate surface area is 322 Å². The Balaban J connectivity index is 0. The summed E-state index contributed by atoms with van der Waals surface area (Å²) in [6.45, 7) is 9.94. The number of esters is 2. The molecule has 0 unspecified atom stereocenters. The van der Waals surface area contributed by atoms with E-state index >= 15 is 0 Å². The lowest BCUT2D eigenvalue weighted by molar-refractivity contribution is -0.150. The molecule has 0 spiro atoms. The molecule has 0 heterocycles. The standard InChI is InChI=1S/C22H43N3O2.C22H45NO2/c1-3-5-7-9-10-11-12-14-16-18-22(26)27-21(19-20-24-25-23)17-15-13-8-6-4-2;1-3-5-7-9-10-11-12-14-16-18-22(24)25-21(19-20-23)17-15-13-8-6-4-2/h21H,3-20H2,1-2H3;21H,3-20,23H2,1-2H3/t2*21-/m11/s1. The highest BCUT2D eigenvalue weighted by Crippen LogP contribution is 2.17. The lowest BCUT2D eigenvalue weighted by Gasteiger charge is -2.17. The fourth-order valence-electron chi connectivity index (χ4n) is 6.56. The third kappa shape index (κ3) is 42.6. The zero-order valence-corrected chi connectivity index (χ0v) is 35.2. The summed E-state index contributed by atoms with van der Waals surface area (Å²) in [6.07, 6.45) is 39.3. The molecular formula is C44H88N4O4. The van der Waals surface area contributed by atoms with E-state index in [0.29, 0.717) is 32.4 Å². The Hall–Kier alpha value is -1.79. The lowest BCUT2D eigenvalue weighted by Crippen LogP contribution is -2.21. The lowest BCUT2D eigenvalue weighted by atomic mass is 10.1. The van der Waals surface area contributed by atoms with Crippen LogP contribution in [0, 0.1) is 0 Å². The summed E-state index contributed by atoms with van der Waals surface area (Å²) >= 11 is 0. The van der Waals surface area contributed by atoms with Crippen LogP contribution in [-0.2, 0) is 19.1 Å². The van der Waals surface area contributed by atoms with Crippen molar-refractivity contribution in [3.05, 3.63) is 10.4 Å². The van der Waals surface area contributed by atoms with Crippen molar-refractivity contribution in [2.45, 2.75) is 258 Å². The van der Waals surface area contributed by atoms with E-state index in [1.165, 1.54) is 141 Å². The van der Waals surface area contributed by atoms with Gasteiger partial charge in [-0.3, -0.25) is 9.59 Å². The van der Waals surface area contributed by atoms with Gasteiger partial charge in [0, 0.05) is 24.3 Å². The molecule has 0 rings (SSSR count). The van der Waals surface area contributed by atoms with Crippen molar-refractivity contribution >= 4 is 11.9 Å². The number of hydrogen-bond acceptors (Lipinski definition) is 6. The Bertz CT molecular complexity index is 790. The first kappa shape index (κ1) is 52.3. The first-order valence-corrected chi connectivity index (χ1v) is 22.6. The molecule has 0 aromatic heterocycles. The average molecular weight is 737 g/mol. The summed E-state index contributed by atoms with van der Waals surface area (Å²) in [4.78, 5) is 26.9. The smallest absolute Gasteiger partial charge is 0.306 e. The number of carbonyl (C=O) groups is 2. The third-order valence-corrected chi connectivity index (χ3v) is 9.93. The highest BCUT2D eigenvalue weighted by atomic mass is 16.5. The number of nitrogens with zero attached hydrogens (tertiary/aromatic N) is 3. The minimum absolute atomic E-state index is 0.0186. The Morgan fingerprint density at radius 3 is 1.12 bits per heavy atom. The van der Waals surface area contributed by atoms with Crippen LogP contribution in [0.25, 0.3) is 10.4 Å². The minimum atomic E-state index is -0.0943. The van der Waals surface area contributed by atoms with Gasteiger partial charge in [0.15, 0.2) is 0 Å². The van der Waals surface area contributed by atoms with E-state index in [-0.39, 0.29) is 24.1 Å². The summed E-state index contributed by atoms with van der Waals surface area (Å²) in [5, 5.41) is 3.59. The van der Waals surface area contributed by atoms with Crippen molar-refractivity contribution in [3.8, 4) is 0 Å². The molecule has 0 radical (unpaired) electrons. The summed E-state index contributed by atoms with van der Waals surface area (Å²) in [5.74, 6) is -0.104. The quantitative estimate of drug-likeness (QED) is 0.0221. The van der Waals surface area contributed by atoms with Crippen molar-refractivity contribution < 1.29 is 19.1 Å². The van der Waals surface area contributed by atoms with Gasteiger partial charge in [0.25, 0.3) is 0 Å². The van der Waals surface area contributed by atoms with Crippen LogP contribution in [-0.4, -0.2) is 37.2 Å². The molecule has 0 bridgehead atoms. The molecule has 52 heavy (non-hydrogen) atoms. The van der Waals surface area contributed by atoms with Crippen LogP contribution in [0.2, 0.25) is 0 Å². The number of rotatable bonds is 39. The number of unbranched alkanes of at least 4 members (excludes halogenated alkanes) is 24. The van der Waals surface area contributed by atoms with Crippen molar-refractivity contribution in [1.29, 1.82) is 0 Å². The molecule has 0 aromatic carbocycles. The number of azide groups is 1. The van der Waals surface area contributed by atoms with E-state index in [1.54, 1.807) is 0 Å². The molecule has 308 valence electrons. The molecule has 8 heteroatoms. The van der Waals surface area contributed by atoms with Crippen LogP contribution >= 0.6 is 0 Å². The second-order valence-corrected chi connectivity index (χ2v) is 15.1. The normalized spacial score (nSPS) is 12.0. The van der Waals surface area contributed by atoms with Crippen LogP contribution in [0.15, 0.2) is 5.11 Å². The third-order valence-electron chi connectivity index (χ3n) is 9.93. The molecule has 0 fully saturated rings. The van der Waals surface area contributed by atoms with Crippen molar-refractivity contribution in [2.24, 2.45) is 10.8 Å². The van der Waals surface area contributed by atoms with E-state index < -0.39 is 0 Å². The van der Waals surface area contributed by atoms with E-state index in [1.807, 2.05) is 0 Å². The van der Waals surface area contributed by atoms with Gasteiger partial charge in [0.05, 0.1) is 0 Å². The number of hydrogen-bond donors (Lipinski definition) is 1. The van der Waals surface area contributed by atoms with Crippen LogP contribution < -0.4 is 5.73 Å². The van der Waals surface area contributed by atoms with Crippen LogP contribution in [0.1, 0.15) is 246 Å². The van der Waals surface area contributed by atoms with Gasteiger partial charge in [-0.2, -0.15) is 0 Å². The van der Waals surface area contributed by atoms with E-state index in [2.05, 4.69) is 37.7 Å². The fraction of sp³-hybridized carbons (Fsp3) is 0.955. The predicted octanol–water partition coefficient (Wildman–Crippen LogP) is 14.4. The van der Waals surface area contributed by atoms with Gasteiger partial charge in [-0.15, -0.1) is 0 Å². The summed E-state index contributed by atoms with van der Waals surface area (Å²) in [5.41, 5.74) is 14.1. The topological polar surface area (TPSA) is 127 Å². The Morgan fingerprint density at radius 2 is 0.788 bits per heavy atom. The minimum Gasteiger partial charge on any atom is -0.462 e. The zero-order valence-electron chi connectivity index (χ0n) is 35.2. The SMILES string of the molecule is CCCCCCCCCCCC(=O)O[C@@H](CCN)CCCCCCC.CCCCCCCCCCCC(=O)O[C@H](CCCCCCC)CCN=[N+]=[N-]. The van der Waals surface area contributed by atoms with E-state index in [0.717, 1.165) is 57.8 Å². The second-order valence-electron chi connectivity index (χ2n) is 15.1. The second kappa shape index (κ2) is 45.4. The first-order valence-electron chi connectivity index (χ1n) is 22.6. The van der Waals surface area contributed by atoms with Crippen LogP contribution in [0.3, 0.4) is 0 Å². The average Bonchev–Trinajstić information content (AvgIpc) is 3.13. The Kier molecular flexibility index (Phi) is 45.6. The van der Waals surface area contributed by atoms with Gasteiger partial charge >= 0.3 is 11.9 Å². The van der Waals surface area contributed by atoms with E-state index in [4.69, 9.17) is 20.7 Å². The summed E-state index contributed by atoms with van der Waals surface area (Å²) < 4.78 is 11.3. The molecule has 0 amide bonds. The predicted molar refractivity (Wildman–Crippen MR) is 223 cm³/mol. The molecule has 8 nitrogen and oxygen atoms in total. The highest BCUT2D eigenvalue weighted by molar-refractivity contribution is 5.69. The van der Waals surface area contributed by atoms with Gasteiger partial charge in [0.1, 0.15) is 12.2 Å². The molecule has 0 saturated carbocycles.